The van der Waals surface area contributed by atoms with Gasteiger partial charge < -0.3 is 18.9 Å². The topological polar surface area (TPSA) is 81.7 Å². The smallest absolute Gasteiger partial charge is 0.324 e. The Hall–Kier alpha value is -1.97. The normalized spacial score (nSPS) is 15.3. The molecule has 6 nitrogen and oxygen atoms in total. The van der Waals surface area contributed by atoms with Crippen LogP contribution in [0.25, 0.3) is 11.6 Å². The van der Waals surface area contributed by atoms with Gasteiger partial charge >= 0.3 is 7.60 Å². The van der Waals surface area contributed by atoms with E-state index in [0.29, 0.717) is 28.3 Å². The number of hydrogen-bond donors (Lipinski definition) is 1. The average molecular weight is 447 g/mol. The second kappa shape index (κ2) is 9.03. The van der Waals surface area contributed by atoms with Gasteiger partial charge in [0, 0.05) is 23.0 Å². The summed E-state index contributed by atoms with van der Waals surface area (Å²) in [5.41, 5.74) is 3.57. The first-order valence-electron chi connectivity index (χ1n) is 9.85. The zero-order valence-electron chi connectivity index (χ0n) is 17.7. The molecule has 1 N–H and O–H groups in total. The van der Waals surface area contributed by atoms with Crippen LogP contribution in [0.4, 0.5) is 5.69 Å². The van der Waals surface area contributed by atoms with Crippen molar-refractivity contribution in [2.45, 2.75) is 20.0 Å². The van der Waals surface area contributed by atoms with Gasteiger partial charge in [0.05, 0.1) is 25.7 Å². The van der Waals surface area contributed by atoms with Crippen LogP contribution in [-0.2, 0) is 29.1 Å². The van der Waals surface area contributed by atoms with E-state index >= 15 is 0 Å². The van der Waals surface area contributed by atoms with Crippen molar-refractivity contribution in [2.24, 2.45) is 0 Å². The lowest BCUT2D eigenvalue weighted by atomic mass is 10.0. The Bertz CT molecular complexity index is 1080. The number of rotatable bonds is 8. The molecule has 0 spiro atoms. The van der Waals surface area contributed by atoms with Crippen molar-refractivity contribution in [3.8, 4) is 0 Å². The highest BCUT2D eigenvalue weighted by Crippen LogP contribution is 2.48. The van der Waals surface area contributed by atoms with Crippen LogP contribution in [0.1, 0.15) is 30.5 Å². The number of carbonyl (C=O) groups excluding carboxylic acids is 1. The third-order valence-electron chi connectivity index (χ3n) is 4.53. The molecule has 160 valence electrons. The zero-order valence-corrected chi connectivity index (χ0v) is 19.5. The maximum atomic E-state index is 13.1. The summed E-state index contributed by atoms with van der Waals surface area (Å²) in [4.78, 5) is 12.6. The molecule has 1 aliphatic rings. The molecule has 0 saturated heterocycles. The van der Waals surface area contributed by atoms with Crippen molar-refractivity contribution in [2.75, 3.05) is 31.9 Å². The molecule has 1 heterocycles. The number of fused-ring (bicyclic) bond motifs is 1. The van der Waals surface area contributed by atoms with Crippen molar-refractivity contribution in [1.29, 1.82) is 0 Å². The molecule has 0 atom stereocenters. The molecule has 3 rings (SSSR count). The summed E-state index contributed by atoms with van der Waals surface area (Å²) >= 11 is 0. The molecule has 2 aromatic carbocycles. The molecule has 0 bridgehead atoms. The number of benzene rings is 2. The van der Waals surface area contributed by atoms with Crippen LogP contribution in [0, 0.1) is 0 Å². The van der Waals surface area contributed by atoms with Gasteiger partial charge in [0.2, 0.25) is 0 Å². The molecular weight excluding hydrogens is 420 g/mol. The molecule has 0 unspecified atom stereocenters. The van der Waals surface area contributed by atoms with E-state index in [4.69, 9.17) is 9.05 Å². The molecule has 0 radical (unpaired) electrons. The van der Waals surface area contributed by atoms with Crippen LogP contribution in [0.3, 0.4) is 0 Å². The van der Waals surface area contributed by atoms with Gasteiger partial charge in [0.15, 0.2) is 0 Å². The maximum absolute atomic E-state index is 13.1. The largest absolute Gasteiger partial charge is 0.361 e. The highest BCUT2D eigenvalue weighted by molar-refractivity contribution is 7.62. The molecule has 2 aromatic rings. The highest BCUT2D eigenvalue weighted by Gasteiger charge is 2.31. The Kier molecular flexibility index (Phi) is 6.84. The standard InChI is InChI=1S/C22H27NO5P2/c1-5-27-30(26,28-6-2)18-10-11-21-19(14-18)20(22(24)23-21)13-16-8-7-9-17(12-16)15-29(3,4)25/h7-14H,5-6,15H2,1-4H3,(H,23,24)/b20-13-. The van der Waals surface area contributed by atoms with Crippen LogP contribution in [0.5, 0.6) is 0 Å². The van der Waals surface area contributed by atoms with Crippen LogP contribution >= 0.6 is 14.7 Å². The minimum Gasteiger partial charge on any atom is -0.324 e. The van der Waals surface area contributed by atoms with Crippen molar-refractivity contribution >= 4 is 43.3 Å². The molecule has 0 saturated carbocycles. The van der Waals surface area contributed by atoms with Crippen molar-refractivity contribution in [3.05, 3.63) is 59.2 Å². The summed E-state index contributed by atoms with van der Waals surface area (Å²) in [5.74, 6) is -0.230. The quantitative estimate of drug-likeness (QED) is 0.445. The van der Waals surface area contributed by atoms with Crippen LogP contribution < -0.4 is 10.6 Å². The highest BCUT2D eigenvalue weighted by atomic mass is 31.2. The van der Waals surface area contributed by atoms with Gasteiger partial charge in [-0.15, -0.1) is 0 Å². The van der Waals surface area contributed by atoms with Crippen molar-refractivity contribution in [1.82, 2.24) is 0 Å². The first kappa shape index (κ1) is 22.7. The average Bonchev–Trinajstić information content (AvgIpc) is 2.96. The first-order valence-corrected chi connectivity index (χ1v) is 14.2. The van der Waals surface area contributed by atoms with Gasteiger partial charge in [-0.2, -0.15) is 0 Å². The van der Waals surface area contributed by atoms with Gasteiger partial charge in [-0.05, 0) is 62.6 Å². The number of anilines is 1. The van der Waals surface area contributed by atoms with Gasteiger partial charge in [-0.25, -0.2) is 0 Å². The Morgan fingerprint density at radius 1 is 1.00 bits per heavy atom. The van der Waals surface area contributed by atoms with E-state index < -0.39 is 14.7 Å². The van der Waals surface area contributed by atoms with Gasteiger partial charge in [0.25, 0.3) is 5.91 Å². The zero-order chi connectivity index (χ0) is 21.9. The summed E-state index contributed by atoms with van der Waals surface area (Å²) in [7, 11) is -5.67. The molecule has 0 aromatic heterocycles. The van der Waals surface area contributed by atoms with Gasteiger partial charge in [-0.1, -0.05) is 24.3 Å². The maximum Gasteiger partial charge on any atom is 0.361 e. The van der Waals surface area contributed by atoms with Crippen molar-refractivity contribution < 1.29 is 23.0 Å². The molecule has 30 heavy (non-hydrogen) atoms. The predicted molar refractivity (Wildman–Crippen MR) is 123 cm³/mol. The predicted octanol–water partition coefficient (Wildman–Crippen LogP) is 5.19. The Morgan fingerprint density at radius 2 is 1.70 bits per heavy atom. The van der Waals surface area contributed by atoms with E-state index in [0.717, 1.165) is 11.1 Å². The Balaban J connectivity index is 2.02. The lowest BCUT2D eigenvalue weighted by Crippen LogP contribution is -2.11. The lowest BCUT2D eigenvalue weighted by molar-refractivity contribution is -0.110. The summed E-state index contributed by atoms with van der Waals surface area (Å²) in [6.07, 6.45) is 2.29. The summed E-state index contributed by atoms with van der Waals surface area (Å²) < 4.78 is 36.2. The third kappa shape index (κ3) is 5.19. The Morgan fingerprint density at radius 3 is 2.33 bits per heavy atom. The van der Waals surface area contributed by atoms with E-state index in [9.17, 15) is 13.9 Å². The SMILES string of the molecule is CCOP(=O)(OCC)c1ccc2c(c1)/C(=C/c1cccc(CP(C)(C)=O)c1)C(=O)N2. The van der Waals surface area contributed by atoms with Crippen LogP contribution in [-0.4, -0.2) is 32.5 Å². The summed E-state index contributed by atoms with van der Waals surface area (Å²) in [6, 6.07) is 12.7. The molecule has 1 aliphatic heterocycles. The molecule has 1 amide bonds. The second-order valence-electron chi connectivity index (χ2n) is 7.55. The lowest BCUT2D eigenvalue weighted by Gasteiger charge is -2.17. The monoisotopic (exact) mass is 447 g/mol. The van der Waals surface area contributed by atoms with Gasteiger partial charge in [-0.3, -0.25) is 9.36 Å². The van der Waals surface area contributed by atoms with E-state index in [-0.39, 0.29) is 19.1 Å². The number of carbonyl (C=O) groups is 1. The fourth-order valence-corrected chi connectivity index (χ4v) is 6.08. The molecule has 0 fully saturated rings. The number of amides is 1. The number of hydrogen-bond acceptors (Lipinski definition) is 5. The molecule has 0 aliphatic carbocycles. The first-order chi connectivity index (χ1) is 14.1. The fourth-order valence-electron chi connectivity index (χ4n) is 3.40. The van der Waals surface area contributed by atoms with E-state index in [2.05, 4.69) is 5.32 Å². The summed E-state index contributed by atoms with van der Waals surface area (Å²) in [6.45, 7) is 7.53. The number of nitrogens with one attached hydrogen (secondary N) is 1. The van der Waals surface area contributed by atoms with E-state index in [1.165, 1.54) is 0 Å². The Labute approximate surface area is 177 Å². The van der Waals surface area contributed by atoms with E-state index in [1.54, 1.807) is 51.5 Å². The minimum atomic E-state index is -3.46. The van der Waals surface area contributed by atoms with E-state index in [1.807, 2.05) is 24.3 Å². The molecular formula is C22H27NO5P2. The van der Waals surface area contributed by atoms with Gasteiger partial charge in [0.1, 0.15) is 0 Å². The minimum absolute atomic E-state index is 0.230. The molecule has 8 heteroatoms. The van der Waals surface area contributed by atoms with Crippen LogP contribution in [0.2, 0.25) is 0 Å². The van der Waals surface area contributed by atoms with Crippen LogP contribution in [0.15, 0.2) is 42.5 Å². The third-order valence-corrected chi connectivity index (χ3v) is 7.76. The fraction of sp³-hybridized carbons (Fsp3) is 0.318. The van der Waals surface area contributed by atoms with Crippen molar-refractivity contribution in [3.63, 3.8) is 0 Å². The summed E-state index contributed by atoms with van der Waals surface area (Å²) in [5, 5.41) is 3.26. The second-order valence-corrected chi connectivity index (χ2v) is 13.0.